The first-order valence-corrected chi connectivity index (χ1v) is 8.67. The summed E-state index contributed by atoms with van der Waals surface area (Å²) in [6, 6.07) is 0.548. The molecule has 1 heterocycles. The fourth-order valence-electron chi connectivity index (χ4n) is 3.13. The van der Waals surface area contributed by atoms with Gasteiger partial charge in [0.15, 0.2) is 5.01 Å². The molecule has 0 spiro atoms. The number of thiazole rings is 1. The van der Waals surface area contributed by atoms with Crippen molar-refractivity contribution in [3.8, 4) is 0 Å². The first kappa shape index (κ1) is 14.5. The Morgan fingerprint density at radius 3 is 2.05 bits per heavy atom. The summed E-state index contributed by atoms with van der Waals surface area (Å²) in [6.45, 7) is 0. The summed E-state index contributed by atoms with van der Waals surface area (Å²) in [6.07, 6.45) is 8.90. The molecule has 2 amide bonds. The minimum Gasteiger partial charge on any atom is -0.348 e. The van der Waals surface area contributed by atoms with Crippen molar-refractivity contribution in [2.75, 3.05) is 0 Å². The van der Waals surface area contributed by atoms with Gasteiger partial charge in [0.25, 0.3) is 11.8 Å². The average Bonchev–Trinajstić information content (AvgIpc) is 3.21. The topological polar surface area (TPSA) is 71.1 Å². The molecule has 2 aliphatic carbocycles. The van der Waals surface area contributed by atoms with Crippen LogP contribution in [-0.4, -0.2) is 28.9 Å². The molecule has 1 aromatic rings. The predicted octanol–water partition coefficient (Wildman–Crippen LogP) is 2.49. The van der Waals surface area contributed by atoms with Gasteiger partial charge in [0.2, 0.25) is 0 Å². The van der Waals surface area contributed by atoms with Crippen LogP contribution in [0.5, 0.6) is 0 Å². The molecule has 0 bridgehead atoms. The number of amides is 2. The van der Waals surface area contributed by atoms with Crippen LogP contribution in [-0.2, 0) is 0 Å². The van der Waals surface area contributed by atoms with Crippen LogP contribution in [0.2, 0.25) is 0 Å². The number of nitrogens with one attached hydrogen (secondary N) is 2. The molecular weight excluding hydrogens is 286 g/mol. The summed E-state index contributed by atoms with van der Waals surface area (Å²) in [5.74, 6) is -0.301. The fraction of sp³-hybridized carbons (Fsp3) is 0.667. The van der Waals surface area contributed by atoms with Crippen LogP contribution in [0.3, 0.4) is 0 Å². The molecule has 2 N–H and O–H groups in total. The highest BCUT2D eigenvalue weighted by molar-refractivity contribution is 7.11. The minimum absolute atomic E-state index is 0.146. The largest absolute Gasteiger partial charge is 0.348 e. The second-order valence-electron chi connectivity index (χ2n) is 5.95. The van der Waals surface area contributed by atoms with Gasteiger partial charge >= 0.3 is 0 Å². The zero-order valence-corrected chi connectivity index (χ0v) is 12.9. The third-order valence-electron chi connectivity index (χ3n) is 4.31. The van der Waals surface area contributed by atoms with Gasteiger partial charge in [-0.3, -0.25) is 9.59 Å². The smallest absolute Gasteiger partial charge is 0.280 e. The zero-order chi connectivity index (χ0) is 14.7. The van der Waals surface area contributed by atoms with E-state index in [4.69, 9.17) is 0 Å². The molecule has 2 fully saturated rings. The Kier molecular flexibility index (Phi) is 4.53. The summed E-state index contributed by atoms with van der Waals surface area (Å²) in [4.78, 5) is 28.4. The van der Waals surface area contributed by atoms with Gasteiger partial charge in [-0.05, 0) is 25.7 Å². The molecular formula is C15H21N3O2S. The molecule has 6 heteroatoms. The Hall–Kier alpha value is -1.43. The molecule has 2 aliphatic rings. The SMILES string of the molecule is O=C(NC1CCCC1)c1csc(C(=O)NC2CCCC2)n1. The standard InChI is InChI=1S/C15H21N3O2S/c19-13(16-10-5-1-2-6-10)12-9-21-15(18-12)14(20)17-11-7-3-4-8-11/h9-11H,1-8H2,(H,16,19)(H,17,20). The Morgan fingerprint density at radius 2 is 1.48 bits per heavy atom. The maximum absolute atomic E-state index is 12.1. The Morgan fingerprint density at radius 1 is 0.952 bits per heavy atom. The molecule has 0 unspecified atom stereocenters. The van der Waals surface area contributed by atoms with Gasteiger partial charge in [0.1, 0.15) is 5.69 Å². The summed E-state index contributed by atoms with van der Waals surface area (Å²) in [5, 5.41) is 8.05. The highest BCUT2D eigenvalue weighted by atomic mass is 32.1. The molecule has 5 nitrogen and oxygen atoms in total. The molecule has 114 valence electrons. The molecule has 0 aliphatic heterocycles. The minimum atomic E-state index is -0.155. The van der Waals surface area contributed by atoms with E-state index < -0.39 is 0 Å². The molecule has 0 aromatic carbocycles. The van der Waals surface area contributed by atoms with Gasteiger partial charge in [-0.25, -0.2) is 4.98 Å². The van der Waals surface area contributed by atoms with E-state index in [1.165, 1.54) is 37.0 Å². The normalized spacial score (nSPS) is 19.8. The van der Waals surface area contributed by atoms with E-state index in [1.807, 2.05) is 0 Å². The summed E-state index contributed by atoms with van der Waals surface area (Å²) in [5.41, 5.74) is 0.364. The first-order chi connectivity index (χ1) is 10.2. The van der Waals surface area contributed by atoms with Crippen LogP contribution >= 0.6 is 11.3 Å². The Labute approximate surface area is 128 Å². The third kappa shape index (κ3) is 3.61. The first-order valence-electron chi connectivity index (χ1n) is 7.79. The monoisotopic (exact) mass is 307 g/mol. The molecule has 3 rings (SSSR count). The van der Waals surface area contributed by atoms with Gasteiger partial charge in [-0.15, -0.1) is 11.3 Å². The van der Waals surface area contributed by atoms with Gasteiger partial charge in [0.05, 0.1) is 0 Å². The lowest BCUT2D eigenvalue weighted by atomic mass is 10.2. The second-order valence-corrected chi connectivity index (χ2v) is 6.81. The van der Waals surface area contributed by atoms with E-state index in [9.17, 15) is 9.59 Å². The summed E-state index contributed by atoms with van der Waals surface area (Å²) >= 11 is 1.24. The van der Waals surface area contributed by atoms with Crippen molar-refractivity contribution in [3.63, 3.8) is 0 Å². The molecule has 2 saturated carbocycles. The van der Waals surface area contributed by atoms with E-state index in [0.717, 1.165) is 25.7 Å². The maximum atomic E-state index is 12.1. The lowest BCUT2D eigenvalue weighted by Gasteiger charge is -2.10. The van der Waals surface area contributed by atoms with Crippen molar-refractivity contribution in [1.29, 1.82) is 0 Å². The Bertz CT molecular complexity index is 472. The highest BCUT2D eigenvalue weighted by Gasteiger charge is 2.22. The molecule has 0 atom stereocenters. The number of hydrogen-bond donors (Lipinski definition) is 2. The van der Waals surface area contributed by atoms with Gasteiger partial charge < -0.3 is 10.6 Å². The van der Waals surface area contributed by atoms with Gasteiger partial charge in [0, 0.05) is 17.5 Å². The number of hydrogen-bond acceptors (Lipinski definition) is 4. The van der Waals surface area contributed by atoms with E-state index in [0.29, 0.717) is 10.7 Å². The zero-order valence-electron chi connectivity index (χ0n) is 12.1. The van der Waals surface area contributed by atoms with Crippen molar-refractivity contribution in [1.82, 2.24) is 15.6 Å². The average molecular weight is 307 g/mol. The molecule has 0 saturated heterocycles. The Balaban J connectivity index is 1.56. The van der Waals surface area contributed by atoms with Crippen LogP contribution in [0.1, 0.15) is 71.7 Å². The number of carbonyl (C=O) groups is 2. The van der Waals surface area contributed by atoms with Crippen LogP contribution in [0, 0.1) is 0 Å². The number of nitrogens with zero attached hydrogens (tertiary/aromatic N) is 1. The van der Waals surface area contributed by atoms with Crippen molar-refractivity contribution in [3.05, 3.63) is 16.1 Å². The van der Waals surface area contributed by atoms with Crippen molar-refractivity contribution in [2.45, 2.75) is 63.5 Å². The fourth-order valence-corrected chi connectivity index (χ4v) is 3.83. The van der Waals surface area contributed by atoms with Crippen LogP contribution in [0.25, 0.3) is 0 Å². The van der Waals surface area contributed by atoms with Crippen LogP contribution in [0.4, 0.5) is 0 Å². The molecule has 21 heavy (non-hydrogen) atoms. The quantitative estimate of drug-likeness (QED) is 0.897. The van der Waals surface area contributed by atoms with Gasteiger partial charge in [-0.2, -0.15) is 0 Å². The predicted molar refractivity (Wildman–Crippen MR) is 81.6 cm³/mol. The molecule has 0 radical (unpaired) electrons. The second kappa shape index (κ2) is 6.56. The van der Waals surface area contributed by atoms with E-state index in [1.54, 1.807) is 5.38 Å². The lowest BCUT2D eigenvalue weighted by molar-refractivity contribution is 0.0932. The van der Waals surface area contributed by atoms with Crippen molar-refractivity contribution < 1.29 is 9.59 Å². The van der Waals surface area contributed by atoms with E-state index in [2.05, 4.69) is 15.6 Å². The van der Waals surface area contributed by atoms with E-state index in [-0.39, 0.29) is 23.9 Å². The summed E-state index contributed by atoms with van der Waals surface area (Å²) < 4.78 is 0. The number of aromatic nitrogens is 1. The summed E-state index contributed by atoms with van der Waals surface area (Å²) in [7, 11) is 0. The van der Waals surface area contributed by atoms with Crippen LogP contribution < -0.4 is 10.6 Å². The highest BCUT2D eigenvalue weighted by Crippen LogP contribution is 2.20. The molecule has 1 aromatic heterocycles. The van der Waals surface area contributed by atoms with E-state index >= 15 is 0 Å². The maximum Gasteiger partial charge on any atom is 0.280 e. The van der Waals surface area contributed by atoms with Gasteiger partial charge in [-0.1, -0.05) is 25.7 Å². The van der Waals surface area contributed by atoms with Crippen LogP contribution in [0.15, 0.2) is 5.38 Å². The number of rotatable bonds is 4. The van der Waals surface area contributed by atoms with Crippen molar-refractivity contribution >= 4 is 23.2 Å². The third-order valence-corrected chi connectivity index (χ3v) is 5.15. The lowest BCUT2D eigenvalue weighted by Crippen LogP contribution is -2.34. The van der Waals surface area contributed by atoms with Crippen molar-refractivity contribution in [2.24, 2.45) is 0 Å². The number of carbonyl (C=O) groups excluding carboxylic acids is 2.